The maximum Gasteiger partial charge on any atom is 0.275 e. The summed E-state index contributed by atoms with van der Waals surface area (Å²) in [6, 6.07) is 5.48. The molecule has 12 heteroatoms. The molecule has 0 saturated heterocycles. The number of aliphatic imine (C=N–C) groups is 1. The second kappa shape index (κ2) is 7.35. The minimum Gasteiger partial charge on any atom is -0.498 e. The number of amidine groups is 1. The first-order valence-corrected chi connectivity index (χ1v) is 10.1. The van der Waals surface area contributed by atoms with Crippen LogP contribution in [0, 0.1) is 0 Å². The summed E-state index contributed by atoms with van der Waals surface area (Å²) < 4.78 is 33.1. The lowest BCUT2D eigenvalue weighted by molar-refractivity contribution is 0.102. The summed E-state index contributed by atoms with van der Waals surface area (Å²) in [5.41, 5.74) is 5.52. The molecule has 1 aliphatic heterocycles. The van der Waals surface area contributed by atoms with Gasteiger partial charge in [0.15, 0.2) is 5.67 Å². The van der Waals surface area contributed by atoms with E-state index >= 15 is 0 Å². The van der Waals surface area contributed by atoms with E-state index in [4.69, 9.17) is 10.5 Å². The Labute approximate surface area is 181 Å². The van der Waals surface area contributed by atoms with Crippen LogP contribution in [0.4, 0.5) is 14.5 Å². The minimum atomic E-state index is -2.19. The Morgan fingerprint density at radius 3 is 2.65 bits per heavy atom. The molecule has 3 N–H and O–H groups in total. The van der Waals surface area contributed by atoms with Gasteiger partial charge in [-0.1, -0.05) is 6.07 Å². The Balaban J connectivity index is 1.50. The first-order chi connectivity index (χ1) is 14.5. The molecule has 2 aliphatic rings. The first kappa shape index (κ1) is 21.3. The van der Waals surface area contributed by atoms with E-state index in [9.17, 15) is 13.6 Å². The molecule has 158 valence electrons. The van der Waals surface area contributed by atoms with Gasteiger partial charge in [0.05, 0.1) is 17.9 Å². The third-order valence-corrected chi connectivity index (χ3v) is 5.56. The fraction of sp³-hybridized carbons (Fsp3) is 0.368. The molecule has 0 fully saturated rings. The molecule has 0 saturated carbocycles. The van der Waals surface area contributed by atoms with Gasteiger partial charge in [0.1, 0.15) is 41.7 Å². The smallest absolute Gasteiger partial charge is 0.275 e. The lowest BCUT2D eigenvalue weighted by atomic mass is 9.52. The van der Waals surface area contributed by atoms with Crippen LogP contribution in [0.2, 0.25) is 0 Å². The maximum absolute atomic E-state index is 14.4. The number of nitrogens with zero attached hydrogens (tertiary/aromatic N) is 3. The predicted octanol–water partition coefficient (Wildman–Crippen LogP) is -0.801. The van der Waals surface area contributed by atoms with Crippen LogP contribution in [-0.2, 0) is 12.0 Å². The van der Waals surface area contributed by atoms with Gasteiger partial charge in [-0.05, 0) is 36.1 Å². The van der Waals surface area contributed by atoms with E-state index in [1.165, 1.54) is 12.4 Å². The summed E-state index contributed by atoms with van der Waals surface area (Å²) in [6.07, 6.45) is 3.70. The fourth-order valence-corrected chi connectivity index (χ4v) is 3.92. The zero-order chi connectivity index (χ0) is 22.4. The van der Waals surface area contributed by atoms with Crippen LogP contribution in [0.1, 0.15) is 34.5 Å². The number of nitrogens with two attached hydrogens (primary N) is 1. The molecule has 31 heavy (non-hydrogen) atoms. The third-order valence-electron chi connectivity index (χ3n) is 5.56. The van der Waals surface area contributed by atoms with Gasteiger partial charge in [0.2, 0.25) is 5.88 Å². The van der Waals surface area contributed by atoms with Crippen molar-refractivity contribution in [2.75, 3.05) is 12.0 Å². The van der Waals surface area contributed by atoms with E-state index in [-0.39, 0.29) is 18.0 Å². The number of anilines is 1. The Morgan fingerprint density at radius 1 is 1.26 bits per heavy atom. The number of ether oxygens (including phenoxy) is 1. The van der Waals surface area contributed by atoms with E-state index in [0.29, 0.717) is 24.4 Å². The number of amides is 1. The van der Waals surface area contributed by atoms with Gasteiger partial charge in [-0.2, -0.15) is 0 Å². The Morgan fingerprint density at radius 2 is 2.03 bits per heavy atom. The molecular formula is C19H22B3F2N5O2. The number of fused-ring (bicyclic) bond motifs is 2. The summed E-state index contributed by atoms with van der Waals surface area (Å²) in [4.78, 5) is 25.1. The molecule has 0 radical (unpaired) electrons. The van der Waals surface area contributed by atoms with Crippen molar-refractivity contribution in [1.29, 1.82) is 0 Å². The lowest BCUT2D eigenvalue weighted by Gasteiger charge is -2.46. The predicted molar refractivity (Wildman–Crippen MR) is 121 cm³/mol. The number of alkyl halides is 2. The molecule has 0 bridgehead atoms. The van der Waals surface area contributed by atoms with E-state index in [1.807, 2.05) is 29.6 Å². The standard InChI is InChI=1S/C19H22B3F2N5O2/c20-19(21,22)31-14-8-26-13(7-27-14)15(30)28-11-2-1-10-6-18(12(10)5-11)4-3-17(24,9-23)16(25)29-18/h1-2,5,7-8H,3-4,6,9,20-22H2,(H2,25,29)(H,28,30)/t17-,18-/m1/s1. The topological polar surface area (TPSA) is 102 Å². The number of nitrogens with one attached hydrogen (secondary N) is 1. The molecule has 2 atom stereocenters. The molecule has 2 aromatic rings. The SMILES string of the molecule is BC(B)(B)Oc1cnc(C(=O)Nc2ccc3c(c2)[C@@]2(CC[C@@](F)(CF)C(N)=N2)C3)cn1. The van der Waals surface area contributed by atoms with Gasteiger partial charge in [-0.15, -0.1) is 0 Å². The van der Waals surface area contributed by atoms with Gasteiger partial charge in [0, 0.05) is 17.4 Å². The number of carbonyl (C=O) groups excluding carboxylic acids is 1. The zero-order valence-electron chi connectivity index (χ0n) is 17.7. The third kappa shape index (κ3) is 4.03. The zero-order valence-corrected chi connectivity index (χ0v) is 17.7. The Bertz CT molecular complexity index is 1060. The number of hydrogen-bond acceptors (Lipinski definition) is 6. The molecule has 4 rings (SSSR count). The van der Waals surface area contributed by atoms with E-state index in [1.54, 1.807) is 12.1 Å². The highest BCUT2D eigenvalue weighted by Crippen LogP contribution is 2.50. The van der Waals surface area contributed by atoms with Crippen molar-refractivity contribution in [2.24, 2.45) is 10.7 Å². The minimum absolute atomic E-state index is 0.0204. The van der Waals surface area contributed by atoms with Gasteiger partial charge in [-0.3, -0.25) is 9.79 Å². The highest BCUT2D eigenvalue weighted by molar-refractivity contribution is 6.58. The molecule has 1 aliphatic carbocycles. The van der Waals surface area contributed by atoms with Crippen molar-refractivity contribution in [3.63, 3.8) is 0 Å². The molecule has 1 amide bonds. The largest absolute Gasteiger partial charge is 0.498 e. The average Bonchev–Trinajstić information content (AvgIpc) is 2.70. The summed E-state index contributed by atoms with van der Waals surface area (Å²) in [7, 11) is 5.67. The quantitative estimate of drug-likeness (QED) is 0.614. The van der Waals surface area contributed by atoms with Gasteiger partial charge in [0.25, 0.3) is 5.91 Å². The van der Waals surface area contributed by atoms with Crippen LogP contribution in [0.25, 0.3) is 0 Å². The molecule has 2 heterocycles. The number of aromatic nitrogens is 2. The summed E-state index contributed by atoms with van der Waals surface area (Å²) >= 11 is 0. The van der Waals surface area contributed by atoms with Gasteiger partial charge >= 0.3 is 0 Å². The van der Waals surface area contributed by atoms with Crippen LogP contribution >= 0.6 is 0 Å². The van der Waals surface area contributed by atoms with Crippen molar-refractivity contribution < 1.29 is 18.3 Å². The van der Waals surface area contributed by atoms with Crippen molar-refractivity contribution in [2.45, 2.75) is 35.8 Å². The monoisotopic (exact) mass is 423 g/mol. The van der Waals surface area contributed by atoms with Gasteiger partial charge < -0.3 is 15.8 Å². The summed E-state index contributed by atoms with van der Waals surface area (Å²) in [5, 5.41) is 2.37. The number of halogens is 2. The molecule has 1 spiro atoms. The summed E-state index contributed by atoms with van der Waals surface area (Å²) in [6.45, 7) is -1.18. The lowest BCUT2D eigenvalue weighted by Crippen LogP contribution is -2.52. The second-order valence-electron chi connectivity index (χ2n) is 9.08. The number of hydrogen-bond donors (Lipinski definition) is 2. The Kier molecular flexibility index (Phi) is 5.06. The molecule has 7 nitrogen and oxygen atoms in total. The van der Waals surface area contributed by atoms with E-state index in [0.717, 1.165) is 11.1 Å². The number of rotatable bonds is 5. The van der Waals surface area contributed by atoms with Crippen LogP contribution in [0.15, 0.2) is 35.6 Å². The normalized spacial score (nSPS) is 24.6. The second-order valence-corrected chi connectivity index (χ2v) is 9.08. The van der Waals surface area contributed by atoms with Crippen LogP contribution in [0.3, 0.4) is 0 Å². The maximum atomic E-state index is 14.4. The number of benzene rings is 1. The fourth-order valence-electron chi connectivity index (χ4n) is 3.92. The molecule has 1 aromatic carbocycles. The van der Waals surface area contributed by atoms with Crippen LogP contribution < -0.4 is 15.8 Å². The average molecular weight is 423 g/mol. The van der Waals surface area contributed by atoms with Crippen molar-refractivity contribution in [3.05, 3.63) is 47.4 Å². The molecular weight excluding hydrogens is 401 g/mol. The number of carbonyl (C=O) groups is 1. The van der Waals surface area contributed by atoms with E-state index < -0.39 is 29.1 Å². The Hall–Kier alpha value is -2.91. The molecule has 1 aromatic heterocycles. The van der Waals surface area contributed by atoms with Crippen LogP contribution in [-0.4, -0.2) is 62.9 Å². The van der Waals surface area contributed by atoms with E-state index in [2.05, 4.69) is 20.3 Å². The van der Waals surface area contributed by atoms with Crippen LogP contribution in [0.5, 0.6) is 5.88 Å². The van der Waals surface area contributed by atoms with Crippen molar-refractivity contribution in [1.82, 2.24) is 9.97 Å². The highest BCUT2D eigenvalue weighted by Gasteiger charge is 2.50. The molecule has 0 unspecified atom stereocenters. The van der Waals surface area contributed by atoms with Gasteiger partial charge in [-0.25, -0.2) is 18.7 Å². The first-order valence-electron chi connectivity index (χ1n) is 10.1. The highest BCUT2D eigenvalue weighted by atomic mass is 19.2. The van der Waals surface area contributed by atoms with Crippen molar-refractivity contribution in [3.8, 4) is 5.88 Å². The van der Waals surface area contributed by atoms with Crippen molar-refractivity contribution >= 4 is 41.0 Å². The summed E-state index contributed by atoms with van der Waals surface area (Å²) in [5.74, 6) is -0.388.